The second-order valence-electron chi connectivity index (χ2n) is 1.95. The van der Waals surface area contributed by atoms with Crippen LogP contribution in [0.15, 0.2) is 0 Å². The topological polar surface area (TPSA) is 26.0 Å². The van der Waals surface area contributed by atoms with E-state index in [-0.39, 0.29) is 1.43 Å². The molecule has 1 nitrogen and oxygen atoms in total. The van der Waals surface area contributed by atoms with Gasteiger partial charge < -0.3 is 5.73 Å². The molecular formula is C7H19NS. The fourth-order valence-corrected chi connectivity index (χ4v) is 1.86. The average molecular weight is 149 g/mol. The Kier molecular flexibility index (Phi) is 6.65. The highest BCUT2D eigenvalue weighted by Gasteiger charge is 2.06. The van der Waals surface area contributed by atoms with Gasteiger partial charge in [0.15, 0.2) is 0 Å². The van der Waals surface area contributed by atoms with Crippen molar-refractivity contribution in [3.63, 3.8) is 0 Å². The van der Waals surface area contributed by atoms with Crippen molar-refractivity contribution in [2.24, 2.45) is 5.73 Å². The molecule has 0 saturated carbocycles. The monoisotopic (exact) mass is 149 g/mol. The number of rotatable bonds is 0. The first-order valence-electron chi connectivity index (χ1n) is 3.73. The molecule has 1 aliphatic rings. The van der Waals surface area contributed by atoms with Crippen molar-refractivity contribution in [3.05, 3.63) is 0 Å². The van der Waals surface area contributed by atoms with E-state index in [4.69, 9.17) is 5.73 Å². The number of nitrogens with two attached hydrogens (primary N) is 1. The number of thioether (sulfide) groups is 1. The first-order valence-corrected chi connectivity index (χ1v) is 4.88. The maximum Gasteiger partial charge on any atom is 0.00545 e. The molecule has 0 bridgehead atoms. The van der Waals surface area contributed by atoms with E-state index in [1.807, 2.05) is 25.6 Å². The fourth-order valence-electron chi connectivity index (χ4n) is 0.716. The van der Waals surface area contributed by atoms with Gasteiger partial charge in [0.1, 0.15) is 0 Å². The Hall–Kier alpha value is 0.310. The Labute approximate surface area is 63.9 Å². The third-order valence-electron chi connectivity index (χ3n) is 1.27. The summed E-state index contributed by atoms with van der Waals surface area (Å²) in [4.78, 5) is 0. The summed E-state index contributed by atoms with van der Waals surface area (Å²) in [7, 11) is 0. The van der Waals surface area contributed by atoms with Crippen LogP contribution >= 0.6 is 11.8 Å². The number of hydrogen-bond donors (Lipinski definition) is 1. The Bertz CT molecular complexity index is 55.6. The van der Waals surface area contributed by atoms with E-state index in [9.17, 15) is 0 Å². The van der Waals surface area contributed by atoms with E-state index in [2.05, 4.69) is 0 Å². The van der Waals surface area contributed by atoms with Gasteiger partial charge in [0.2, 0.25) is 0 Å². The zero-order valence-electron chi connectivity index (χ0n) is 6.39. The summed E-state index contributed by atoms with van der Waals surface area (Å²) < 4.78 is 0. The van der Waals surface area contributed by atoms with Gasteiger partial charge in [-0.25, -0.2) is 0 Å². The molecule has 0 unspecified atom stereocenters. The fraction of sp³-hybridized carbons (Fsp3) is 1.00. The quantitative estimate of drug-likeness (QED) is 0.571. The van der Waals surface area contributed by atoms with Crippen LogP contribution in [-0.4, -0.2) is 17.5 Å². The number of hydrogen-bond acceptors (Lipinski definition) is 2. The molecule has 0 amide bonds. The van der Waals surface area contributed by atoms with Crippen LogP contribution in [0, 0.1) is 0 Å². The summed E-state index contributed by atoms with van der Waals surface area (Å²) in [5.41, 5.74) is 5.62. The Balaban J connectivity index is 0. The largest absolute Gasteiger partial charge is 0.328 e. The van der Waals surface area contributed by atoms with E-state index >= 15 is 0 Å². The highest BCUT2D eigenvalue weighted by molar-refractivity contribution is 7.99. The molecule has 1 saturated heterocycles. The zero-order chi connectivity index (χ0) is 7.11. The maximum absolute atomic E-state index is 5.62. The van der Waals surface area contributed by atoms with Crippen LogP contribution in [0.25, 0.3) is 0 Å². The lowest BCUT2D eigenvalue weighted by Crippen LogP contribution is -2.24. The van der Waals surface area contributed by atoms with Gasteiger partial charge in [-0.2, -0.15) is 11.8 Å². The minimum atomic E-state index is 0. The van der Waals surface area contributed by atoms with Crippen molar-refractivity contribution < 1.29 is 1.43 Å². The Morgan fingerprint density at radius 1 is 1.33 bits per heavy atom. The van der Waals surface area contributed by atoms with Crippen molar-refractivity contribution in [2.45, 2.75) is 32.7 Å². The zero-order valence-corrected chi connectivity index (χ0v) is 7.21. The second kappa shape index (κ2) is 6.43. The molecule has 0 radical (unpaired) electrons. The van der Waals surface area contributed by atoms with Gasteiger partial charge in [0.05, 0.1) is 0 Å². The van der Waals surface area contributed by atoms with Crippen LogP contribution in [0.2, 0.25) is 0 Å². The van der Waals surface area contributed by atoms with Crippen molar-refractivity contribution in [3.8, 4) is 0 Å². The SMILES string of the molecule is CC.NC1CCSCC1.[HH]. The summed E-state index contributed by atoms with van der Waals surface area (Å²) in [6.07, 6.45) is 2.45. The summed E-state index contributed by atoms with van der Waals surface area (Å²) in [6, 6.07) is 0.515. The Morgan fingerprint density at radius 3 is 2.00 bits per heavy atom. The van der Waals surface area contributed by atoms with Gasteiger partial charge in [-0.3, -0.25) is 0 Å². The van der Waals surface area contributed by atoms with Crippen LogP contribution in [0.1, 0.15) is 28.1 Å². The molecule has 9 heavy (non-hydrogen) atoms. The van der Waals surface area contributed by atoms with E-state index in [1.54, 1.807) is 0 Å². The third-order valence-corrected chi connectivity index (χ3v) is 2.31. The maximum atomic E-state index is 5.62. The van der Waals surface area contributed by atoms with Crippen LogP contribution in [0.3, 0.4) is 0 Å². The molecular weight excluding hydrogens is 130 g/mol. The molecule has 1 fully saturated rings. The smallest absolute Gasteiger partial charge is 0.00545 e. The van der Waals surface area contributed by atoms with Crippen molar-refractivity contribution in [1.82, 2.24) is 0 Å². The summed E-state index contributed by atoms with van der Waals surface area (Å²) >= 11 is 2.02. The predicted octanol–water partition coefficient (Wildman–Crippen LogP) is 2.11. The van der Waals surface area contributed by atoms with Gasteiger partial charge >= 0.3 is 0 Å². The first-order chi connectivity index (χ1) is 4.39. The van der Waals surface area contributed by atoms with Crippen LogP contribution in [-0.2, 0) is 0 Å². The van der Waals surface area contributed by atoms with E-state index < -0.39 is 0 Å². The van der Waals surface area contributed by atoms with E-state index in [1.165, 1.54) is 24.3 Å². The normalized spacial score (nSPS) is 20.3. The molecule has 2 heteroatoms. The van der Waals surface area contributed by atoms with Gasteiger partial charge in [0, 0.05) is 7.47 Å². The van der Waals surface area contributed by atoms with Crippen LogP contribution in [0.4, 0.5) is 0 Å². The predicted molar refractivity (Wildman–Crippen MR) is 48.0 cm³/mol. The first kappa shape index (κ1) is 9.31. The lowest BCUT2D eigenvalue weighted by Gasteiger charge is -2.15. The highest BCUT2D eigenvalue weighted by Crippen LogP contribution is 2.14. The summed E-state index contributed by atoms with van der Waals surface area (Å²) in [5.74, 6) is 2.56. The van der Waals surface area contributed by atoms with Gasteiger partial charge in [-0.1, -0.05) is 13.8 Å². The lowest BCUT2D eigenvalue weighted by molar-refractivity contribution is 0.625. The molecule has 0 aliphatic carbocycles. The minimum Gasteiger partial charge on any atom is -0.328 e. The molecule has 0 aromatic carbocycles. The highest BCUT2D eigenvalue weighted by atomic mass is 32.2. The summed E-state index contributed by atoms with van der Waals surface area (Å²) in [5, 5.41) is 0. The van der Waals surface area contributed by atoms with Crippen molar-refractivity contribution in [2.75, 3.05) is 11.5 Å². The molecule has 0 aromatic heterocycles. The molecule has 0 spiro atoms. The van der Waals surface area contributed by atoms with Crippen LogP contribution in [0.5, 0.6) is 0 Å². The molecule has 1 aliphatic heterocycles. The van der Waals surface area contributed by atoms with Gasteiger partial charge in [-0.05, 0) is 24.3 Å². The second-order valence-corrected chi connectivity index (χ2v) is 3.17. The van der Waals surface area contributed by atoms with E-state index in [0.717, 1.165) is 0 Å². The molecule has 0 aromatic rings. The van der Waals surface area contributed by atoms with Crippen molar-refractivity contribution in [1.29, 1.82) is 0 Å². The van der Waals surface area contributed by atoms with Gasteiger partial charge in [-0.15, -0.1) is 0 Å². The lowest BCUT2D eigenvalue weighted by atomic mass is 10.2. The van der Waals surface area contributed by atoms with E-state index in [0.29, 0.717) is 6.04 Å². The Morgan fingerprint density at radius 2 is 1.78 bits per heavy atom. The minimum absolute atomic E-state index is 0. The third kappa shape index (κ3) is 4.79. The molecule has 2 N–H and O–H groups in total. The standard InChI is InChI=1S/C5H11NS.C2H6.H2/c6-5-1-3-7-4-2-5;1-2;/h5H,1-4,6H2;1-2H3;1H. The molecule has 58 valence electrons. The summed E-state index contributed by atoms with van der Waals surface area (Å²) in [6.45, 7) is 4.00. The van der Waals surface area contributed by atoms with Crippen LogP contribution < -0.4 is 5.73 Å². The average Bonchev–Trinajstić information content (AvgIpc) is 1.94. The molecule has 0 atom stereocenters. The molecule has 1 heterocycles. The van der Waals surface area contributed by atoms with Gasteiger partial charge in [0.25, 0.3) is 0 Å². The molecule has 1 rings (SSSR count). The van der Waals surface area contributed by atoms with Crippen molar-refractivity contribution >= 4 is 11.8 Å².